The largest absolute Gasteiger partial charge is 0.490 e. The molecule has 22 heavy (non-hydrogen) atoms. The molecule has 3 rings (SSSR count). The average Bonchev–Trinajstić information content (AvgIpc) is 3.03. The van der Waals surface area contributed by atoms with Gasteiger partial charge in [-0.1, -0.05) is 12.1 Å². The maximum atomic E-state index is 12.3. The molecule has 0 saturated heterocycles. The first-order valence-corrected chi connectivity index (χ1v) is 7.49. The Morgan fingerprint density at radius 1 is 1.32 bits per heavy atom. The zero-order valence-corrected chi connectivity index (χ0v) is 12.2. The lowest BCUT2D eigenvalue weighted by atomic mass is 9.96. The van der Waals surface area contributed by atoms with Crippen LogP contribution < -0.4 is 10.1 Å². The normalized spacial score (nSPS) is 15.9. The fraction of sp³-hybridized carbons (Fsp3) is 0.353. The number of carbonyl (C=O) groups is 1. The lowest BCUT2D eigenvalue weighted by molar-refractivity contribution is 0.0879. The van der Waals surface area contributed by atoms with Crippen molar-refractivity contribution in [2.75, 3.05) is 6.54 Å². The molecule has 0 bridgehead atoms. The van der Waals surface area contributed by atoms with Gasteiger partial charge in [0.15, 0.2) is 0 Å². The molecule has 1 aromatic carbocycles. The molecule has 0 radical (unpaired) electrons. The van der Waals surface area contributed by atoms with E-state index in [0.29, 0.717) is 17.1 Å². The minimum absolute atomic E-state index is 0.0874. The fourth-order valence-corrected chi connectivity index (χ4v) is 2.29. The van der Waals surface area contributed by atoms with Crippen LogP contribution in [0.5, 0.6) is 5.75 Å². The van der Waals surface area contributed by atoms with Crippen molar-refractivity contribution in [2.24, 2.45) is 0 Å². The van der Waals surface area contributed by atoms with E-state index < -0.39 is 6.10 Å². The van der Waals surface area contributed by atoms with Crippen molar-refractivity contribution in [1.82, 2.24) is 5.32 Å². The smallest absolute Gasteiger partial charge is 0.255 e. The summed E-state index contributed by atoms with van der Waals surface area (Å²) in [5.74, 6) is 0.761. The number of para-hydroxylation sites is 1. The molecular weight excluding hydrogens is 282 g/mol. The highest BCUT2D eigenvalue weighted by Gasteiger charge is 2.22. The number of amides is 1. The van der Waals surface area contributed by atoms with Crippen molar-refractivity contribution in [3.63, 3.8) is 0 Å². The van der Waals surface area contributed by atoms with Gasteiger partial charge in [0.05, 0.1) is 24.5 Å². The van der Waals surface area contributed by atoms with Gasteiger partial charge in [-0.05, 0) is 43.5 Å². The SMILES string of the molecule is O=C(NCC(O)c1ccco1)c1ccccc1OC1CCC1. The molecular formula is C17H19NO4. The van der Waals surface area contributed by atoms with Crippen LogP contribution in [0.4, 0.5) is 0 Å². The Balaban J connectivity index is 1.61. The Bertz CT molecular complexity index is 619. The minimum atomic E-state index is -0.862. The topological polar surface area (TPSA) is 71.7 Å². The highest BCUT2D eigenvalue weighted by Crippen LogP contribution is 2.27. The molecule has 0 spiro atoms. The third kappa shape index (κ3) is 3.31. The highest BCUT2D eigenvalue weighted by molar-refractivity contribution is 5.96. The second kappa shape index (κ2) is 6.66. The molecule has 1 unspecified atom stereocenters. The summed E-state index contributed by atoms with van der Waals surface area (Å²) in [6.45, 7) is 0.0874. The number of aliphatic hydroxyl groups excluding tert-OH is 1. The summed E-state index contributed by atoms with van der Waals surface area (Å²) < 4.78 is 10.9. The number of hydrogen-bond donors (Lipinski definition) is 2. The number of furan rings is 1. The summed E-state index contributed by atoms with van der Waals surface area (Å²) in [6, 6.07) is 10.5. The number of aliphatic hydroxyl groups is 1. The van der Waals surface area contributed by atoms with Crippen molar-refractivity contribution < 1.29 is 19.1 Å². The van der Waals surface area contributed by atoms with Crippen molar-refractivity contribution in [1.29, 1.82) is 0 Å². The standard InChI is InChI=1S/C17H19NO4/c19-14(16-9-4-10-21-16)11-18-17(20)13-7-1-2-8-15(13)22-12-5-3-6-12/h1-2,4,7-10,12,14,19H,3,5-6,11H2,(H,18,20). The van der Waals surface area contributed by atoms with Gasteiger partial charge in [0, 0.05) is 0 Å². The zero-order chi connectivity index (χ0) is 15.4. The maximum Gasteiger partial charge on any atom is 0.255 e. The molecule has 5 heteroatoms. The number of benzene rings is 1. The van der Waals surface area contributed by atoms with Gasteiger partial charge < -0.3 is 19.6 Å². The first-order chi connectivity index (χ1) is 10.7. The van der Waals surface area contributed by atoms with Crippen LogP contribution in [-0.2, 0) is 0 Å². The Kier molecular flexibility index (Phi) is 4.44. The molecule has 1 fully saturated rings. The quantitative estimate of drug-likeness (QED) is 0.860. The number of rotatable bonds is 6. The van der Waals surface area contributed by atoms with Crippen LogP contribution in [-0.4, -0.2) is 23.7 Å². The Morgan fingerprint density at radius 3 is 2.82 bits per heavy atom. The molecule has 2 aromatic rings. The van der Waals surface area contributed by atoms with E-state index in [4.69, 9.17) is 9.15 Å². The fourth-order valence-electron chi connectivity index (χ4n) is 2.29. The predicted octanol–water partition coefficient (Wildman–Crippen LogP) is 2.67. The van der Waals surface area contributed by atoms with E-state index in [1.165, 1.54) is 12.7 Å². The zero-order valence-electron chi connectivity index (χ0n) is 12.2. The summed E-state index contributed by atoms with van der Waals surface area (Å²) in [5, 5.41) is 12.6. The van der Waals surface area contributed by atoms with Crippen LogP contribution in [0.2, 0.25) is 0 Å². The second-order valence-electron chi connectivity index (χ2n) is 5.41. The minimum Gasteiger partial charge on any atom is -0.490 e. The van der Waals surface area contributed by atoms with E-state index in [1.807, 2.05) is 6.07 Å². The van der Waals surface area contributed by atoms with Crippen LogP contribution >= 0.6 is 0 Å². The molecule has 1 aliphatic rings. The first-order valence-electron chi connectivity index (χ1n) is 7.49. The van der Waals surface area contributed by atoms with E-state index >= 15 is 0 Å². The van der Waals surface area contributed by atoms with Gasteiger partial charge in [-0.2, -0.15) is 0 Å². The molecule has 1 aliphatic carbocycles. The molecule has 0 aliphatic heterocycles. The third-order valence-corrected chi connectivity index (χ3v) is 3.81. The van der Waals surface area contributed by atoms with Gasteiger partial charge >= 0.3 is 0 Å². The molecule has 116 valence electrons. The van der Waals surface area contributed by atoms with Crippen LogP contribution in [0.15, 0.2) is 47.1 Å². The average molecular weight is 301 g/mol. The molecule has 1 heterocycles. The van der Waals surface area contributed by atoms with E-state index in [9.17, 15) is 9.90 Å². The lowest BCUT2D eigenvalue weighted by Crippen LogP contribution is -2.30. The van der Waals surface area contributed by atoms with Gasteiger partial charge in [0.2, 0.25) is 0 Å². The molecule has 1 aromatic heterocycles. The molecule has 2 N–H and O–H groups in total. The third-order valence-electron chi connectivity index (χ3n) is 3.81. The van der Waals surface area contributed by atoms with Crippen LogP contribution in [0.3, 0.4) is 0 Å². The van der Waals surface area contributed by atoms with Crippen molar-refractivity contribution in [3.8, 4) is 5.75 Å². The van der Waals surface area contributed by atoms with Crippen molar-refractivity contribution in [3.05, 3.63) is 54.0 Å². The van der Waals surface area contributed by atoms with Crippen molar-refractivity contribution >= 4 is 5.91 Å². The van der Waals surface area contributed by atoms with Gasteiger partial charge in [-0.25, -0.2) is 0 Å². The van der Waals surface area contributed by atoms with E-state index in [-0.39, 0.29) is 18.6 Å². The number of carbonyl (C=O) groups excluding carboxylic acids is 1. The van der Waals surface area contributed by atoms with E-state index in [2.05, 4.69) is 5.32 Å². The molecule has 1 atom stereocenters. The van der Waals surface area contributed by atoms with E-state index in [0.717, 1.165) is 12.8 Å². The van der Waals surface area contributed by atoms with Gasteiger partial charge in [-0.3, -0.25) is 4.79 Å². The summed E-state index contributed by atoms with van der Waals surface area (Å²) in [6.07, 6.45) is 4.08. The van der Waals surface area contributed by atoms with Crippen molar-refractivity contribution in [2.45, 2.75) is 31.5 Å². The van der Waals surface area contributed by atoms with Crippen LogP contribution in [0.25, 0.3) is 0 Å². The van der Waals surface area contributed by atoms with Gasteiger partial charge in [-0.15, -0.1) is 0 Å². The summed E-state index contributed by atoms with van der Waals surface area (Å²) in [5.41, 5.74) is 0.487. The molecule has 1 amide bonds. The Hall–Kier alpha value is -2.27. The van der Waals surface area contributed by atoms with Gasteiger partial charge in [0.1, 0.15) is 17.6 Å². The van der Waals surface area contributed by atoms with E-state index in [1.54, 1.807) is 30.3 Å². The number of nitrogens with one attached hydrogen (secondary N) is 1. The Labute approximate surface area is 128 Å². The molecule has 1 saturated carbocycles. The predicted molar refractivity (Wildman–Crippen MR) is 80.7 cm³/mol. The monoisotopic (exact) mass is 301 g/mol. The summed E-state index contributed by atoms with van der Waals surface area (Å²) >= 11 is 0. The van der Waals surface area contributed by atoms with Gasteiger partial charge in [0.25, 0.3) is 5.91 Å². The van der Waals surface area contributed by atoms with Crippen LogP contribution in [0, 0.1) is 0 Å². The lowest BCUT2D eigenvalue weighted by Gasteiger charge is -2.27. The highest BCUT2D eigenvalue weighted by atomic mass is 16.5. The summed E-state index contributed by atoms with van der Waals surface area (Å²) in [7, 11) is 0. The maximum absolute atomic E-state index is 12.3. The number of ether oxygens (including phenoxy) is 1. The van der Waals surface area contributed by atoms with Crippen LogP contribution in [0.1, 0.15) is 41.5 Å². The summed E-state index contributed by atoms with van der Waals surface area (Å²) in [4.78, 5) is 12.3. The second-order valence-corrected chi connectivity index (χ2v) is 5.41. The molecule has 5 nitrogen and oxygen atoms in total. The number of hydrogen-bond acceptors (Lipinski definition) is 4. The first kappa shape index (κ1) is 14.7. The Morgan fingerprint density at radius 2 is 2.14 bits per heavy atom.